The standard InChI is InChI=1S/C33H30ClN3O2S/c1-4-23-12-9-13-24(5-2)30(23)37-21(3)27(31(38)35-19-22-10-7-6-8-11-22)18-28(33(37)39)32-36-29(20-40-32)25-14-16-26(34)17-15-25/h6-18,20H,4-5,19H2,1-3H3,(H,35,38). The fraction of sp³-hybridized carbons (Fsp3) is 0.182. The smallest absolute Gasteiger partial charge is 0.265 e. The maximum absolute atomic E-state index is 14.3. The Kier molecular flexibility index (Phi) is 8.29. The zero-order valence-electron chi connectivity index (χ0n) is 22.7. The number of amides is 1. The van der Waals surface area contributed by atoms with Gasteiger partial charge in [-0.2, -0.15) is 0 Å². The summed E-state index contributed by atoms with van der Waals surface area (Å²) in [6.45, 7) is 6.39. The van der Waals surface area contributed by atoms with E-state index >= 15 is 0 Å². The van der Waals surface area contributed by atoms with Crippen molar-refractivity contribution >= 4 is 28.8 Å². The van der Waals surface area contributed by atoms with E-state index in [0.29, 0.717) is 33.4 Å². The summed E-state index contributed by atoms with van der Waals surface area (Å²) in [6.07, 6.45) is 1.51. The van der Waals surface area contributed by atoms with E-state index in [1.807, 2.05) is 85.1 Å². The predicted molar refractivity (Wildman–Crippen MR) is 165 cm³/mol. The second-order valence-corrected chi connectivity index (χ2v) is 10.8. The zero-order valence-corrected chi connectivity index (χ0v) is 24.3. The van der Waals surface area contributed by atoms with Crippen LogP contribution in [-0.2, 0) is 19.4 Å². The van der Waals surface area contributed by atoms with Gasteiger partial charge in [-0.3, -0.25) is 14.2 Å². The van der Waals surface area contributed by atoms with Crippen LogP contribution in [0.4, 0.5) is 0 Å². The number of nitrogens with zero attached hydrogens (tertiary/aromatic N) is 2. The van der Waals surface area contributed by atoms with Gasteiger partial charge in [-0.05, 0) is 54.7 Å². The van der Waals surface area contributed by atoms with Gasteiger partial charge in [-0.25, -0.2) is 4.98 Å². The molecule has 1 N–H and O–H groups in total. The number of nitrogens with one attached hydrogen (secondary N) is 1. The summed E-state index contributed by atoms with van der Waals surface area (Å²) < 4.78 is 1.72. The second kappa shape index (κ2) is 12.0. The summed E-state index contributed by atoms with van der Waals surface area (Å²) >= 11 is 7.46. The molecule has 40 heavy (non-hydrogen) atoms. The molecule has 0 unspecified atom stereocenters. The maximum atomic E-state index is 14.3. The third-order valence-corrected chi connectivity index (χ3v) is 8.18. The van der Waals surface area contributed by atoms with Gasteiger partial charge in [0.05, 0.1) is 22.5 Å². The number of pyridine rings is 1. The van der Waals surface area contributed by atoms with E-state index in [0.717, 1.165) is 46.5 Å². The van der Waals surface area contributed by atoms with E-state index in [9.17, 15) is 9.59 Å². The first kappa shape index (κ1) is 27.6. The maximum Gasteiger partial charge on any atom is 0.265 e. The van der Waals surface area contributed by atoms with Crippen molar-refractivity contribution in [2.75, 3.05) is 0 Å². The fourth-order valence-corrected chi connectivity index (χ4v) is 5.84. The van der Waals surface area contributed by atoms with Gasteiger partial charge in [0.15, 0.2) is 0 Å². The molecular formula is C33H30ClN3O2S. The van der Waals surface area contributed by atoms with Crippen molar-refractivity contribution in [2.24, 2.45) is 0 Å². The van der Waals surface area contributed by atoms with E-state index in [1.54, 1.807) is 10.6 Å². The quantitative estimate of drug-likeness (QED) is 0.209. The molecule has 2 heterocycles. The molecule has 0 spiro atoms. The molecule has 0 bridgehead atoms. The molecule has 1 amide bonds. The van der Waals surface area contributed by atoms with Crippen LogP contribution in [0.25, 0.3) is 27.5 Å². The first-order chi connectivity index (χ1) is 19.4. The SMILES string of the molecule is CCc1cccc(CC)c1-n1c(C)c(C(=O)NCc2ccccc2)cc(-c2nc(-c3ccc(Cl)cc3)cs2)c1=O. The van der Waals surface area contributed by atoms with E-state index in [1.165, 1.54) is 11.3 Å². The van der Waals surface area contributed by atoms with Crippen LogP contribution in [0.3, 0.4) is 0 Å². The lowest BCUT2D eigenvalue weighted by molar-refractivity contribution is 0.0949. The molecule has 0 aliphatic carbocycles. The van der Waals surface area contributed by atoms with Crippen molar-refractivity contribution in [1.82, 2.24) is 14.9 Å². The van der Waals surface area contributed by atoms with Gasteiger partial charge in [0.2, 0.25) is 0 Å². The van der Waals surface area contributed by atoms with Crippen LogP contribution in [0.5, 0.6) is 0 Å². The summed E-state index contributed by atoms with van der Waals surface area (Å²) in [6, 6.07) is 25.0. The summed E-state index contributed by atoms with van der Waals surface area (Å²) in [5.74, 6) is -0.238. The highest BCUT2D eigenvalue weighted by Gasteiger charge is 2.23. The molecule has 7 heteroatoms. The molecule has 0 saturated carbocycles. The molecule has 0 radical (unpaired) electrons. The molecule has 2 aromatic heterocycles. The second-order valence-electron chi connectivity index (χ2n) is 9.54. The van der Waals surface area contributed by atoms with Gasteiger partial charge in [0.1, 0.15) is 5.01 Å². The number of benzene rings is 3. The van der Waals surface area contributed by atoms with Crippen LogP contribution < -0.4 is 10.9 Å². The topological polar surface area (TPSA) is 64.0 Å². The molecular weight excluding hydrogens is 538 g/mol. The number of rotatable bonds is 8. The highest BCUT2D eigenvalue weighted by molar-refractivity contribution is 7.13. The number of carbonyl (C=O) groups excluding carboxylic acids is 1. The van der Waals surface area contributed by atoms with Crippen LogP contribution in [0, 0.1) is 6.92 Å². The highest BCUT2D eigenvalue weighted by Crippen LogP contribution is 2.31. The summed E-state index contributed by atoms with van der Waals surface area (Å²) in [7, 11) is 0. The molecule has 5 rings (SSSR count). The summed E-state index contributed by atoms with van der Waals surface area (Å²) in [4.78, 5) is 32.7. The van der Waals surface area contributed by atoms with E-state index in [2.05, 4.69) is 19.2 Å². The number of thiazole rings is 1. The summed E-state index contributed by atoms with van der Waals surface area (Å²) in [5, 5.41) is 6.18. The Morgan fingerprint density at radius 1 is 0.950 bits per heavy atom. The first-order valence-electron chi connectivity index (χ1n) is 13.3. The van der Waals surface area contributed by atoms with Crippen molar-refractivity contribution in [3.63, 3.8) is 0 Å². The monoisotopic (exact) mass is 567 g/mol. The average molecular weight is 568 g/mol. The molecule has 0 aliphatic rings. The van der Waals surface area contributed by atoms with Crippen molar-refractivity contribution in [2.45, 2.75) is 40.2 Å². The fourth-order valence-electron chi connectivity index (χ4n) is 4.88. The van der Waals surface area contributed by atoms with Crippen LogP contribution >= 0.6 is 22.9 Å². The normalized spacial score (nSPS) is 11.0. The molecule has 3 aromatic carbocycles. The summed E-state index contributed by atoms with van der Waals surface area (Å²) in [5.41, 5.74) is 6.87. The zero-order chi connectivity index (χ0) is 28.2. The Morgan fingerprint density at radius 3 is 2.27 bits per heavy atom. The van der Waals surface area contributed by atoms with E-state index < -0.39 is 0 Å². The number of carbonyl (C=O) groups is 1. The number of aryl methyl sites for hydroxylation is 2. The Bertz CT molecular complexity index is 1700. The highest BCUT2D eigenvalue weighted by atomic mass is 35.5. The van der Waals surface area contributed by atoms with Crippen LogP contribution in [0.2, 0.25) is 5.02 Å². The minimum Gasteiger partial charge on any atom is -0.348 e. The minimum absolute atomic E-state index is 0.190. The molecule has 202 valence electrons. The van der Waals surface area contributed by atoms with Crippen molar-refractivity contribution in [3.8, 4) is 27.5 Å². The number of hydrogen-bond acceptors (Lipinski definition) is 4. The van der Waals surface area contributed by atoms with E-state index in [-0.39, 0.29) is 11.5 Å². The van der Waals surface area contributed by atoms with Gasteiger partial charge in [-0.15, -0.1) is 11.3 Å². The lowest BCUT2D eigenvalue weighted by Crippen LogP contribution is -2.30. The Balaban J connectivity index is 1.68. The molecule has 5 aromatic rings. The minimum atomic E-state index is -0.238. The van der Waals surface area contributed by atoms with Crippen LogP contribution in [-0.4, -0.2) is 15.5 Å². The predicted octanol–water partition coefficient (Wildman–Crippen LogP) is 7.64. The van der Waals surface area contributed by atoms with Gasteiger partial charge < -0.3 is 5.32 Å². The molecule has 0 fully saturated rings. The Hall–Kier alpha value is -4.00. The van der Waals surface area contributed by atoms with E-state index in [4.69, 9.17) is 16.6 Å². The lowest BCUT2D eigenvalue weighted by atomic mass is 10.0. The average Bonchev–Trinajstić information content (AvgIpc) is 3.47. The van der Waals surface area contributed by atoms with Gasteiger partial charge in [0.25, 0.3) is 11.5 Å². The van der Waals surface area contributed by atoms with Gasteiger partial charge in [0, 0.05) is 28.2 Å². The number of aromatic nitrogens is 2. The third kappa shape index (κ3) is 5.51. The molecule has 0 atom stereocenters. The van der Waals surface area contributed by atoms with Crippen molar-refractivity contribution in [1.29, 1.82) is 0 Å². The number of halogens is 1. The number of hydrogen-bond donors (Lipinski definition) is 1. The van der Waals surface area contributed by atoms with Crippen molar-refractivity contribution in [3.05, 3.63) is 128 Å². The Labute approximate surface area is 243 Å². The molecule has 0 saturated heterocycles. The lowest BCUT2D eigenvalue weighted by Gasteiger charge is -2.21. The Morgan fingerprint density at radius 2 is 1.62 bits per heavy atom. The van der Waals surface area contributed by atoms with Gasteiger partial charge in [-0.1, -0.05) is 86.1 Å². The van der Waals surface area contributed by atoms with Crippen LogP contribution in [0.15, 0.2) is 89.0 Å². The molecule has 5 nitrogen and oxygen atoms in total. The first-order valence-corrected chi connectivity index (χ1v) is 14.6. The molecule has 0 aliphatic heterocycles. The third-order valence-electron chi connectivity index (χ3n) is 7.05. The van der Waals surface area contributed by atoms with Crippen LogP contribution in [0.1, 0.15) is 46.6 Å². The largest absolute Gasteiger partial charge is 0.348 e. The van der Waals surface area contributed by atoms with Gasteiger partial charge >= 0.3 is 0 Å². The van der Waals surface area contributed by atoms with Crippen molar-refractivity contribution < 1.29 is 4.79 Å². The number of para-hydroxylation sites is 1.